The number of nitrogens with one attached hydrogen (secondary N) is 1. The molecule has 1 N–H and O–H groups in total. The first-order chi connectivity index (χ1) is 8.61. The first-order valence-electron chi connectivity index (χ1n) is 6.57. The summed E-state index contributed by atoms with van der Waals surface area (Å²) >= 11 is 8.40. The Hall–Kier alpha value is -0.000000000000000111. The predicted octanol–water partition coefficient (Wildman–Crippen LogP) is 3.91. The van der Waals surface area contributed by atoms with Gasteiger partial charge in [0.05, 0.1) is 5.69 Å². The molecule has 0 aromatic heterocycles. The molecule has 1 aromatic rings. The van der Waals surface area contributed by atoms with Gasteiger partial charge in [0.25, 0.3) is 0 Å². The molecule has 0 saturated carbocycles. The summed E-state index contributed by atoms with van der Waals surface area (Å²) in [6.45, 7) is 6.68. The minimum absolute atomic E-state index is 0.581. The van der Waals surface area contributed by atoms with Crippen molar-refractivity contribution in [3.8, 4) is 0 Å². The summed E-state index contributed by atoms with van der Waals surface area (Å²) in [6, 6.07) is 7.43. The van der Waals surface area contributed by atoms with Crippen LogP contribution in [0.1, 0.15) is 26.7 Å². The van der Waals surface area contributed by atoms with Gasteiger partial charge in [-0.05, 0) is 67.1 Å². The van der Waals surface area contributed by atoms with Crippen molar-refractivity contribution in [1.29, 1.82) is 0 Å². The molecule has 1 fully saturated rings. The van der Waals surface area contributed by atoms with E-state index in [0.29, 0.717) is 12.1 Å². The largest absolute Gasteiger partial charge is 0.368 e. The fourth-order valence-corrected chi connectivity index (χ4v) is 3.90. The van der Waals surface area contributed by atoms with Crippen LogP contribution in [0.3, 0.4) is 0 Å². The number of hydrogen-bond acceptors (Lipinski definition) is 2. The summed E-state index contributed by atoms with van der Waals surface area (Å²) in [4.78, 5) is 2.51. The van der Waals surface area contributed by atoms with E-state index in [0.717, 1.165) is 18.1 Å². The Morgan fingerprint density at radius 3 is 2.89 bits per heavy atom. The number of halogens is 2. The van der Waals surface area contributed by atoms with Crippen molar-refractivity contribution >= 4 is 39.9 Å². The van der Waals surface area contributed by atoms with Crippen LogP contribution in [0.5, 0.6) is 0 Å². The second-order valence-electron chi connectivity index (χ2n) is 4.92. The Balaban J connectivity index is 2.10. The zero-order chi connectivity index (χ0) is 13.1. The van der Waals surface area contributed by atoms with E-state index in [1.165, 1.54) is 22.1 Å². The summed E-state index contributed by atoms with van der Waals surface area (Å²) in [5.41, 5.74) is 1.32. The molecule has 1 saturated heterocycles. The third kappa shape index (κ3) is 3.31. The van der Waals surface area contributed by atoms with E-state index in [2.05, 4.69) is 52.7 Å². The molecule has 1 aliphatic heterocycles. The van der Waals surface area contributed by atoms with E-state index in [4.69, 9.17) is 11.6 Å². The minimum atomic E-state index is 0.581. The summed E-state index contributed by atoms with van der Waals surface area (Å²) in [6.07, 6.45) is 2.43. The first kappa shape index (κ1) is 14.4. The maximum absolute atomic E-state index is 6.02. The fourth-order valence-electron chi connectivity index (χ4n) is 2.72. The molecule has 1 aliphatic rings. The third-order valence-corrected chi connectivity index (χ3v) is 4.69. The van der Waals surface area contributed by atoms with E-state index in [1.54, 1.807) is 0 Å². The Kier molecular flexibility index (Phi) is 5.15. The van der Waals surface area contributed by atoms with Crippen molar-refractivity contribution in [3.63, 3.8) is 0 Å². The lowest BCUT2D eigenvalue weighted by atomic mass is 9.97. The second kappa shape index (κ2) is 6.44. The lowest BCUT2D eigenvalue weighted by Crippen LogP contribution is -2.47. The van der Waals surface area contributed by atoms with Gasteiger partial charge in [0, 0.05) is 27.2 Å². The van der Waals surface area contributed by atoms with Crippen LogP contribution in [0.25, 0.3) is 0 Å². The summed E-state index contributed by atoms with van der Waals surface area (Å²) in [5, 5.41) is 4.38. The van der Waals surface area contributed by atoms with E-state index in [1.807, 2.05) is 12.1 Å². The molecule has 4 heteroatoms. The van der Waals surface area contributed by atoms with Crippen LogP contribution in [0, 0.1) is 3.57 Å². The molecule has 100 valence electrons. The third-order valence-electron chi connectivity index (χ3n) is 3.59. The van der Waals surface area contributed by atoms with Crippen molar-refractivity contribution in [3.05, 3.63) is 26.8 Å². The molecule has 0 spiro atoms. The van der Waals surface area contributed by atoms with Gasteiger partial charge in [-0.15, -0.1) is 0 Å². The zero-order valence-corrected chi connectivity index (χ0v) is 13.8. The van der Waals surface area contributed by atoms with Gasteiger partial charge >= 0.3 is 0 Å². The van der Waals surface area contributed by atoms with Gasteiger partial charge in [0.2, 0.25) is 0 Å². The summed E-state index contributed by atoms with van der Waals surface area (Å²) in [7, 11) is 0. The molecule has 0 aliphatic carbocycles. The molecule has 0 amide bonds. The van der Waals surface area contributed by atoms with Crippen molar-refractivity contribution in [1.82, 2.24) is 5.32 Å². The SMILES string of the molecule is CCNC1CCN(c2ccc(Cl)cc2I)C(C)C1. The Morgan fingerprint density at radius 1 is 1.50 bits per heavy atom. The first-order valence-corrected chi connectivity index (χ1v) is 8.02. The van der Waals surface area contributed by atoms with E-state index < -0.39 is 0 Å². The molecule has 2 atom stereocenters. The van der Waals surface area contributed by atoms with Crippen molar-refractivity contribution in [2.45, 2.75) is 38.8 Å². The number of nitrogens with zero attached hydrogens (tertiary/aromatic N) is 1. The van der Waals surface area contributed by atoms with Gasteiger partial charge < -0.3 is 10.2 Å². The van der Waals surface area contributed by atoms with Crippen molar-refractivity contribution in [2.75, 3.05) is 18.0 Å². The maximum Gasteiger partial charge on any atom is 0.0505 e. The number of benzene rings is 1. The lowest BCUT2D eigenvalue weighted by Gasteiger charge is -2.40. The van der Waals surface area contributed by atoms with E-state index in [9.17, 15) is 0 Å². The fraction of sp³-hybridized carbons (Fsp3) is 0.571. The highest BCUT2D eigenvalue weighted by molar-refractivity contribution is 14.1. The highest BCUT2D eigenvalue weighted by Crippen LogP contribution is 2.30. The molecule has 0 bridgehead atoms. The second-order valence-corrected chi connectivity index (χ2v) is 6.52. The van der Waals surface area contributed by atoms with Gasteiger partial charge in [-0.1, -0.05) is 18.5 Å². The average Bonchev–Trinajstić information content (AvgIpc) is 2.31. The molecular formula is C14H20ClIN2. The molecule has 2 nitrogen and oxygen atoms in total. The predicted molar refractivity (Wildman–Crippen MR) is 87.7 cm³/mol. The smallest absolute Gasteiger partial charge is 0.0505 e. The van der Waals surface area contributed by atoms with Crippen LogP contribution in [-0.4, -0.2) is 25.2 Å². The van der Waals surface area contributed by atoms with Crippen molar-refractivity contribution in [2.24, 2.45) is 0 Å². The molecule has 0 radical (unpaired) electrons. The quantitative estimate of drug-likeness (QED) is 0.802. The van der Waals surface area contributed by atoms with E-state index in [-0.39, 0.29) is 0 Å². The van der Waals surface area contributed by atoms with Gasteiger partial charge in [-0.3, -0.25) is 0 Å². The molecule has 18 heavy (non-hydrogen) atoms. The van der Waals surface area contributed by atoms with Gasteiger partial charge in [0.15, 0.2) is 0 Å². The molecule has 2 unspecified atom stereocenters. The Labute approximate surface area is 128 Å². The standard InChI is InChI=1S/C14H20ClIN2/c1-3-17-12-6-7-18(10(2)8-12)14-5-4-11(15)9-13(14)16/h4-5,9-10,12,17H,3,6-8H2,1-2H3. The number of hydrogen-bond donors (Lipinski definition) is 1. The lowest BCUT2D eigenvalue weighted by molar-refractivity contribution is 0.374. The number of rotatable bonds is 3. The topological polar surface area (TPSA) is 15.3 Å². The van der Waals surface area contributed by atoms with Gasteiger partial charge in [-0.25, -0.2) is 0 Å². The van der Waals surface area contributed by atoms with Crippen molar-refractivity contribution < 1.29 is 0 Å². The van der Waals surface area contributed by atoms with Crippen LogP contribution in [0.4, 0.5) is 5.69 Å². The summed E-state index contributed by atoms with van der Waals surface area (Å²) < 4.78 is 1.24. The van der Waals surface area contributed by atoms with Crippen LogP contribution in [0.15, 0.2) is 18.2 Å². The van der Waals surface area contributed by atoms with Gasteiger partial charge in [0.1, 0.15) is 0 Å². The molecule has 1 aromatic carbocycles. The Morgan fingerprint density at radius 2 is 2.28 bits per heavy atom. The molecule has 2 rings (SSSR count). The van der Waals surface area contributed by atoms with Crippen LogP contribution in [-0.2, 0) is 0 Å². The molecular weight excluding hydrogens is 359 g/mol. The van der Waals surface area contributed by atoms with Crippen LogP contribution in [0.2, 0.25) is 5.02 Å². The van der Waals surface area contributed by atoms with Crippen LogP contribution < -0.4 is 10.2 Å². The normalized spacial score (nSPS) is 24.3. The number of piperidine rings is 1. The number of anilines is 1. The Bertz CT molecular complexity index is 411. The zero-order valence-electron chi connectivity index (χ0n) is 10.9. The minimum Gasteiger partial charge on any atom is -0.368 e. The highest BCUT2D eigenvalue weighted by Gasteiger charge is 2.25. The monoisotopic (exact) mass is 378 g/mol. The maximum atomic E-state index is 6.02. The van der Waals surface area contributed by atoms with Crippen LogP contribution >= 0.6 is 34.2 Å². The highest BCUT2D eigenvalue weighted by atomic mass is 127. The van der Waals surface area contributed by atoms with Gasteiger partial charge in [-0.2, -0.15) is 0 Å². The average molecular weight is 379 g/mol. The molecule has 1 heterocycles. The summed E-state index contributed by atoms with van der Waals surface area (Å²) in [5.74, 6) is 0. The van der Waals surface area contributed by atoms with E-state index >= 15 is 0 Å².